The minimum absolute atomic E-state index is 0.0464. The SMILES string of the molecule is Cc1cc(S(N)(=O)=O)c(Cl)cc1Br. The van der Waals surface area contributed by atoms with E-state index in [-0.39, 0.29) is 9.92 Å². The Morgan fingerprint density at radius 3 is 2.46 bits per heavy atom. The summed E-state index contributed by atoms with van der Waals surface area (Å²) in [6.07, 6.45) is 0. The summed E-state index contributed by atoms with van der Waals surface area (Å²) in [5.74, 6) is 0. The zero-order chi connectivity index (χ0) is 10.2. The highest BCUT2D eigenvalue weighted by molar-refractivity contribution is 9.10. The molecule has 1 aromatic rings. The molecule has 0 saturated heterocycles. The van der Waals surface area contributed by atoms with E-state index in [1.54, 1.807) is 6.92 Å². The van der Waals surface area contributed by atoms with Crippen LogP contribution in [-0.4, -0.2) is 8.42 Å². The Balaban J connectivity index is 3.50. The fourth-order valence-corrected chi connectivity index (χ4v) is 2.48. The lowest BCUT2D eigenvalue weighted by molar-refractivity contribution is 0.597. The second-order valence-electron chi connectivity index (χ2n) is 2.58. The van der Waals surface area contributed by atoms with E-state index in [0.717, 1.165) is 10.0 Å². The van der Waals surface area contributed by atoms with E-state index in [4.69, 9.17) is 16.7 Å². The smallest absolute Gasteiger partial charge is 0.225 e. The van der Waals surface area contributed by atoms with Crippen molar-refractivity contribution in [3.63, 3.8) is 0 Å². The lowest BCUT2D eigenvalue weighted by atomic mass is 10.2. The van der Waals surface area contributed by atoms with E-state index in [1.807, 2.05) is 0 Å². The highest BCUT2D eigenvalue weighted by Gasteiger charge is 2.14. The Kier molecular flexibility index (Phi) is 3.01. The maximum atomic E-state index is 11.0. The van der Waals surface area contributed by atoms with Crippen LogP contribution in [0.3, 0.4) is 0 Å². The predicted molar refractivity (Wildman–Crippen MR) is 55.3 cm³/mol. The van der Waals surface area contributed by atoms with Gasteiger partial charge in [0.2, 0.25) is 10.0 Å². The summed E-state index contributed by atoms with van der Waals surface area (Å²) < 4.78 is 22.7. The first kappa shape index (κ1) is 11.0. The zero-order valence-corrected chi connectivity index (χ0v) is 9.87. The first-order chi connectivity index (χ1) is 5.82. The largest absolute Gasteiger partial charge is 0.239 e. The Bertz CT molecular complexity index is 444. The normalized spacial score (nSPS) is 11.7. The van der Waals surface area contributed by atoms with Crippen molar-refractivity contribution < 1.29 is 8.42 Å². The molecule has 0 radical (unpaired) electrons. The molecular formula is C7H7BrClNO2S. The first-order valence-electron chi connectivity index (χ1n) is 3.31. The number of hydrogen-bond donors (Lipinski definition) is 1. The van der Waals surface area contributed by atoms with Crippen LogP contribution in [0.4, 0.5) is 0 Å². The number of nitrogens with two attached hydrogens (primary N) is 1. The van der Waals surface area contributed by atoms with Crippen LogP contribution in [0.5, 0.6) is 0 Å². The van der Waals surface area contributed by atoms with Crippen LogP contribution in [0.15, 0.2) is 21.5 Å². The summed E-state index contributed by atoms with van der Waals surface area (Å²) in [7, 11) is -3.73. The van der Waals surface area contributed by atoms with Crippen molar-refractivity contribution in [1.82, 2.24) is 0 Å². The van der Waals surface area contributed by atoms with E-state index in [9.17, 15) is 8.42 Å². The summed E-state index contributed by atoms with van der Waals surface area (Å²) in [5, 5.41) is 5.07. The number of rotatable bonds is 1. The summed E-state index contributed by atoms with van der Waals surface area (Å²) >= 11 is 8.92. The van der Waals surface area contributed by atoms with Crippen molar-refractivity contribution in [3.8, 4) is 0 Å². The maximum Gasteiger partial charge on any atom is 0.239 e. The summed E-state index contributed by atoms with van der Waals surface area (Å²) in [5.41, 5.74) is 0.772. The minimum atomic E-state index is -3.73. The third-order valence-corrected chi connectivity index (χ3v) is 3.75. The molecule has 0 aliphatic carbocycles. The average Bonchev–Trinajstić information content (AvgIpc) is 1.94. The van der Waals surface area contributed by atoms with Crippen molar-refractivity contribution in [2.45, 2.75) is 11.8 Å². The van der Waals surface area contributed by atoms with Crippen LogP contribution in [0.25, 0.3) is 0 Å². The quantitative estimate of drug-likeness (QED) is 0.858. The molecule has 0 amide bonds. The molecule has 1 rings (SSSR count). The van der Waals surface area contributed by atoms with Gasteiger partial charge in [-0.25, -0.2) is 13.6 Å². The Hall–Kier alpha value is -0.100. The van der Waals surface area contributed by atoms with Gasteiger partial charge in [0, 0.05) is 4.47 Å². The second kappa shape index (κ2) is 3.57. The molecule has 0 bridgehead atoms. The number of halogens is 2. The van der Waals surface area contributed by atoms with Crippen molar-refractivity contribution >= 4 is 37.6 Å². The Morgan fingerprint density at radius 2 is 2.00 bits per heavy atom. The Morgan fingerprint density at radius 1 is 1.46 bits per heavy atom. The fraction of sp³-hybridized carbons (Fsp3) is 0.143. The van der Waals surface area contributed by atoms with Crippen LogP contribution >= 0.6 is 27.5 Å². The van der Waals surface area contributed by atoms with Gasteiger partial charge in [-0.2, -0.15) is 0 Å². The topological polar surface area (TPSA) is 60.2 Å². The lowest BCUT2D eigenvalue weighted by Gasteiger charge is -2.04. The lowest BCUT2D eigenvalue weighted by Crippen LogP contribution is -2.12. The number of sulfonamides is 1. The van der Waals surface area contributed by atoms with Gasteiger partial charge in [0.1, 0.15) is 4.90 Å². The molecule has 2 N–H and O–H groups in total. The average molecular weight is 285 g/mol. The molecule has 0 aliphatic heterocycles. The van der Waals surface area contributed by atoms with Gasteiger partial charge in [-0.05, 0) is 24.6 Å². The summed E-state index contributed by atoms with van der Waals surface area (Å²) in [4.78, 5) is -0.0464. The number of hydrogen-bond acceptors (Lipinski definition) is 2. The van der Waals surface area contributed by atoms with E-state index < -0.39 is 10.0 Å². The minimum Gasteiger partial charge on any atom is -0.225 e. The molecule has 72 valence electrons. The van der Waals surface area contributed by atoms with Gasteiger partial charge in [-0.3, -0.25) is 0 Å². The molecule has 0 fully saturated rings. The number of benzene rings is 1. The molecule has 6 heteroatoms. The number of primary sulfonamides is 1. The molecule has 0 heterocycles. The summed E-state index contributed by atoms with van der Waals surface area (Å²) in [6.45, 7) is 1.76. The van der Waals surface area contributed by atoms with Crippen LogP contribution in [0, 0.1) is 6.92 Å². The van der Waals surface area contributed by atoms with E-state index >= 15 is 0 Å². The molecule has 0 atom stereocenters. The van der Waals surface area contributed by atoms with E-state index in [1.165, 1.54) is 12.1 Å². The van der Waals surface area contributed by atoms with E-state index in [0.29, 0.717) is 0 Å². The molecule has 13 heavy (non-hydrogen) atoms. The van der Waals surface area contributed by atoms with Crippen LogP contribution in [0.2, 0.25) is 5.02 Å². The van der Waals surface area contributed by atoms with Gasteiger partial charge in [-0.15, -0.1) is 0 Å². The standard InChI is InChI=1S/C7H7BrClNO2S/c1-4-2-7(13(10,11)12)6(9)3-5(4)8/h2-3H,1H3,(H2,10,11,12). The van der Waals surface area contributed by atoms with Crippen LogP contribution < -0.4 is 5.14 Å². The van der Waals surface area contributed by atoms with Crippen LogP contribution in [-0.2, 0) is 10.0 Å². The highest BCUT2D eigenvalue weighted by Crippen LogP contribution is 2.27. The predicted octanol–water partition coefficient (Wildman–Crippen LogP) is 2.06. The maximum absolute atomic E-state index is 11.0. The molecule has 3 nitrogen and oxygen atoms in total. The van der Waals surface area contributed by atoms with Gasteiger partial charge >= 0.3 is 0 Å². The molecule has 0 unspecified atom stereocenters. The molecular weight excluding hydrogens is 278 g/mol. The van der Waals surface area contributed by atoms with Crippen LogP contribution in [0.1, 0.15) is 5.56 Å². The molecule has 0 spiro atoms. The third kappa shape index (κ3) is 2.43. The van der Waals surface area contributed by atoms with Gasteiger partial charge < -0.3 is 0 Å². The van der Waals surface area contributed by atoms with Gasteiger partial charge in [-0.1, -0.05) is 27.5 Å². The van der Waals surface area contributed by atoms with Gasteiger partial charge in [0.25, 0.3) is 0 Å². The van der Waals surface area contributed by atoms with E-state index in [2.05, 4.69) is 15.9 Å². The summed E-state index contributed by atoms with van der Waals surface area (Å²) in [6, 6.07) is 2.94. The van der Waals surface area contributed by atoms with Gasteiger partial charge in [0.15, 0.2) is 0 Å². The molecule has 0 aromatic heterocycles. The van der Waals surface area contributed by atoms with Crippen molar-refractivity contribution in [2.75, 3.05) is 0 Å². The number of aryl methyl sites for hydroxylation is 1. The molecule has 0 saturated carbocycles. The third-order valence-electron chi connectivity index (χ3n) is 1.52. The second-order valence-corrected chi connectivity index (χ2v) is 5.37. The molecule has 1 aromatic carbocycles. The molecule has 0 aliphatic rings. The van der Waals surface area contributed by atoms with Gasteiger partial charge in [0.05, 0.1) is 5.02 Å². The monoisotopic (exact) mass is 283 g/mol. The fourth-order valence-electron chi connectivity index (χ4n) is 0.849. The zero-order valence-electron chi connectivity index (χ0n) is 6.71. The Labute approximate surface area is 90.1 Å². The van der Waals surface area contributed by atoms with Crippen molar-refractivity contribution in [3.05, 3.63) is 27.2 Å². The first-order valence-corrected chi connectivity index (χ1v) is 6.02. The highest BCUT2D eigenvalue weighted by atomic mass is 79.9. The van der Waals surface area contributed by atoms with Crippen molar-refractivity contribution in [2.24, 2.45) is 5.14 Å². The van der Waals surface area contributed by atoms with Crippen molar-refractivity contribution in [1.29, 1.82) is 0 Å².